The van der Waals surface area contributed by atoms with Crippen LogP contribution < -0.4 is 9.64 Å². The fourth-order valence-electron chi connectivity index (χ4n) is 2.19. The first-order chi connectivity index (χ1) is 10.3. The highest BCUT2D eigenvalue weighted by molar-refractivity contribution is 5.33. The van der Waals surface area contributed by atoms with Crippen LogP contribution in [0, 0.1) is 0 Å². The quantitative estimate of drug-likeness (QED) is 0.828. The van der Waals surface area contributed by atoms with E-state index < -0.39 is 6.29 Å². The van der Waals surface area contributed by atoms with Gasteiger partial charge in [0.25, 0.3) is 6.01 Å². The van der Waals surface area contributed by atoms with Gasteiger partial charge >= 0.3 is 6.01 Å². The lowest BCUT2D eigenvalue weighted by Crippen LogP contribution is -2.54. The van der Waals surface area contributed by atoms with E-state index in [0.29, 0.717) is 30.8 Å². The number of nitrogens with zero attached hydrogens (tertiary/aromatic N) is 4. The Morgan fingerprint density at radius 1 is 1.24 bits per heavy atom. The lowest BCUT2D eigenvalue weighted by Gasteiger charge is -2.37. The van der Waals surface area contributed by atoms with Crippen LogP contribution in [-0.2, 0) is 9.47 Å². The first kappa shape index (κ1) is 12.5. The van der Waals surface area contributed by atoms with Crippen LogP contribution in [0.1, 0.15) is 18.9 Å². The smallest absolute Gasteiger partial charge is 0.316 e. The predicted molar refractivity (Wildman–Crippen MR) is 69.5 cm³/mol. The van der Waals surface area contributed by atoms with Gasteiger partial charge in [0.05, 0.1) is 13.1 Å². The Morgan fingerprint density at radius 3 is 2.71 bits per heavy atom. The van der Waals surface area contributed by atoms with Crippen molar-refractivity contribution in [2.75, 3.05) is 18.0 Å². The molecular weight excluding hydrogens is 276 g/mol. The second kappa shape index (κ2) is 4.97. The van der Waals surface area contributed by atoms with E-state index in [-0.39, 0.29) is 12.4 Å². The third kappa shape index (κ3) is 2.43. The van der Waals surface area contributed by atoms with Crippen LogP contribution in [0.15, 0.2) is 29.1 Å². The largest absolute Gasteiger partial charge is 0.456 e. The molecule has 0 aliphatic carbocycles. The zero-order chi connectivity index (χ0) is 14.2. The molecule has 2 aliphatic rings. The van der Waals surface area contributed by atoms with Gasteiger partial charge in [0.1, 0.15) is 18.1 Å². The van der Waals surface area contributed by atoms with Crippen LogP contribution in [-0.4, -0.2) is 40.4 Å². The first-order valence-electron chi connectivity index (χ1n) is 6.73. The molecule has 2 aromatic rings. The van der Waals surface area contributed by atoms with Gasteiger partial charge in [-0.3, -0.25) is 0 Å². The van der Waals surface area contributed by atoms with Crippen molar-refractivity contribution in [3.63, 3.8) is 0 Å². The zero-order valence-corrected chi connectivity index (χ0v) is 11.4. The molecule has 0 atom stereocenters. The number of rotatable bonds is 4. The van der Waals surface area contributed by atoms with Crippen LogP contribution in [0.2, 0.25) is 0 Å². The molecule has 0 aromatic carbocycles. The van der Waals surface area contributed by atoms with E-state index in [1.54, 1.807) is 24.7 Å². The third-order valence-electron chi connectivity index (χ3n) is 3.31. The van der Waals surface area contributed by atoms with E-state index >= 15 is 0 Å². The Bertz CT molecular complexity index is 608. The summed E-state index contributed by atoms with van der Waals surface area (Å²) in [5.41, 5.74) is 0.652. The summed E-state index contributed by atoms with van der Waals surface area (Å²) in [5, 5.41) is 0. The minimum atomic E-state index is -0.413. The van der Waals surface area contributed by atoms with Crippen molar-refractivity contribution >= 4 is 6.01 Å². The molecule has 2 aliphatic heterocycles. The highest BCUT2D eigenvalue weighted by atomic mass is 16.9. The second-order valence-electron chi connectivity index (χ2n) is 4.90. The fraction of sp³-hybridized carbons (Fsp3) is 0.462. The summed E-state index contributed by atoms with van der Waals surface area (Å²) in [7, 11) is 0. The Morgan fingerprint density at radius 2 is 2.00 bits per heavy atom. The van der Waals surface area contributed by atoms with Crippen molar-refractivity contribution in [1.29, 1.82) is 0 Å². The Kier molecular flexibility index (Phi) is 2.97. The van der Waals surface area contributed by atoms with Gasteiger partial charge in [0.2, 0.25) is 6.29 Å². The zero-order valence-electron chi connectivity index (χ0n) is 11.4. The molecule has 0 radical (unpaired) electrons. The molecule has 2 aromatic heterocycles. The fourth-order valence-corrected chi connectivity index (χ4v) is 2.19. The monoisotopic (exact) mass is 290 g/mol. The average molecular weight is 290 g/mol. The van der Waals surface area contributed by atoms with Crippen molar-refractivity contribution in [2.45, 2.75) is 25.6 Å². The molecule has 0 bridgehead atoms. The molecule has 8 heteroatoms. The number of hydrogen-bond acceptors (Lipinski definition) is 8. The molecule has 4 rings (SSSR count). The molecule has 21 heavy (non-hydrogen) atoms. The maximum Gasteiger partial charge on any atom is 0.316 e. The Balaban J connectivity index is 1.31. The molecule has 8 nitrogen and oxygen atoms in total. The molecule has 0 unspecified atom stereocenters. The van der Waals surface area contributed by atoms with E-state index in [9.17, 15) is 0 Å². The van der Waals surface area contributed by atoms with Crippen molar-refractivity contribution in [3.8, 4) is 6.01 Å². The van der Waals surface area contributed by atoms with Gasteiger partial charge in [-0.05, 0) is 13.0 Å². The second-order valence-corrected chi connectivity index (χ2v) is 4.90. The molecular formula is C13H14N4O4. The maximum absolute atomic E-state index is 5.62. The van der Waals surface area contributed by atoms with Crippen molar-refractivity contribution < 1.29 is 18.6 Å². The number of aromatic nitrogens is 3. The van der Waals surface area contributed by atoms with Crippen molar-refractivity contribution in [3.05, 3.63) is 30.4 Å². The lowest BCUT2D eigenvalue weighted by molar-refractivity contribution is -0.383. The van der Waals surface area contributed by atoms with Crippen molar-refractivity contribution in [1.82, 2.24) is 15.0 Å². The summed E-state index contributed by atoms with van der Waals surface area (Å²) in [4.78, 5) is 14.4. The molecule has 0 N–H and O–H groups in total. The van der Waals surface area contributed by atoms with Gasteiger partial charge in [-0.15, -0.1) is 0 Å². The van der Waals surface area contributed by atoms with Gasteiger partial charge in [0, 0.05) is 12.4 Å². The standard InChI is InChI=1S/C13H14N4O4/c1-8-19-11(20-8)10-7-18-13(16-10)17-5-9(6-17)21-12-14-3-2-4-15-12/h2-4,7-9,11H,5-6H2,1H3. The summed E-state index contributed by atoms with van der Waals surface area (Å²) in [6.07, 6.45) is 4.31. The summed E-state index contributed by atoms with van der Waals surface area (Å²) in [5.74, 6) is 0. The van der Waals surface area contributed by atoms with Crippen LogP contribution >= 0.6 is 0 Å². The number of ether oxygens (including phenoxy) is 3. The van der Waals surface area contributed by atoms with Crippen LogP contribution in [0.5, 0.6) is 6.01 Å². The van der Waals surface area contributed by atoms with E-state index in [1.165, 1.54) is 0 Å². The molecule has 0 spiro atoms. The molecule has 2 fully saturated rings. The summed E-state index contributed by atoms with van der Waals surface area (Å²) >= 11 is 0. The summed E-state index contributed by atoms with van der Waals surface area (Å²) in [6.45, 7) is 3.20. The van der Waals surface area contributed by atoms with Crippen LogP contribution in [0.25, 0.3) is 0 Å². The molecule has 0 saturated carbocycles. The number of hydrogen-bond donors (Lipinski definition) is 0. The minimum absolute atomic E-state index is 0.0407. The average Bonchev–Trinajstić information content (AvgIpc) is 2.89. The Labute approximate surface area is 120 Å². The Hall–Kier alpha value is -2.19. The van der Waals surface area contributed by atoms with Crippen molar-refractivity contribution in [2.24, 2.45) is 0 Å². The van der Waals surface area contributed by atoms with E-state index in [2.05, 4.69) is 15.0 Å². The molecule has 2 saturated heterocycles. The van der Waals surface area contributed by atoms with E-state index in [1.807, 2.05) is 11.8 Å². The maximum atomic E-state index is 5.62. The third-order valence-corrected chi connectivity index (χ3v) is 3.31. The molecule has 110 valence electrons. The van der Waals surface area contributed by atoms with Gasteiger partial charge in [-0.1, -0.05) is 0 Å². The summed E-state index contributed by atoms with van der Waals surface area (Å²) in [6, 6.07) is 2.69. The van der Waals surface area contributed by atoms with E-state index in [4.69, 9.17) is 18.6 Å². The SMILES string of the molecule is CC1OC(c2coc(N3CC(Oc4ncccn4)C3)n2)O1. The minimum Gasteiger partial charge on any atom is -0.456 e. The normalized spacial score (nSPS) is 25.3. The lowest BCUT2D eigenvalue weighted by atomic mass is 10.2. The van der Waals surface area contributed by atoms with Crippen LogP contribution in [0.4, 0.5) is 6.01 Å². The van der Waals surface area contributed by atoms with E-state index in [0.717, 1.165) is 0 Å². The highest BCUT2D eigenvalue weighted by Gasteiger charge is 2.35. The topological polar surface area (TPSA) is 82.7 Å². The van der Waals surface area contributed by atoms with Gasteiger partial charge in [-0.2, -0.15) is 4.98 Å². The first-order valence-corrected chi connectivity index (χ1v) is 6.73. The van der Waals surface area contributed by atoms with Gasteiger partial charge < -0.3 is 23.5 Å². The highest BCUT2D eigenvalue weighted by Crippen LogP contribution is 2.32. The molecule has 4 heterocycles. The van der Waals surface area contributed by atoms with Gasteiger partial charge in [0.15, 0.2) is 6.29 Å². The predicted octanol–water partition coefficient (Wildman–Crippen LogP) is 1.12. The molecule has 0 amide bonds. The van der Waals surface area contributed by atoms with Crippen LogP contribution in [0.3, 0.4) is 0 Å². The number of oxazole rings is 1. The van der Waals surface area contributed by atoms with Gasteiger partial charge in [-0.25, -0.2) is 9.97 Å². The summed E-state index contributed by atoms with van der Waals surface area (Å²) < 4.78 is 21.8. The number of anilines is 1.